The summed E-state index contributed by atoms with van der Waals surface area (Å²) in [5.41, 5.74) is 1.26. The fraction of sp³-hybridized carbons (Fsp3) is 0.294. The molecule has 2 nitrogen and oxygen atoms in total. The van der Waals surface area contributed by atoms with Gasteiger partial charge in [-0.15, -0.1) is 0 Å². The normalized spacial score (nSPS) is 10.4. The highest BCUT2D eigenvalue weighted by Crippen LogP contribution is 2.15. The smallest absolute Gasteiger partial charge is 0.123 e. The monoisotopic (exact) mass is 352 g/mol. The maximum Gasteiger partial charge on any atom is 0.123 e. The molecular formula is C17H18BrFO2. The van der Waals surface area contributed by atoms with E-state index in [0.29, 0.717) is 19.0 Å². The van der Waals surface area contributed by atoms with Crippen LogP contribution in [0.2, 0.25) is 0 Å². The number of halogens is 2. The highest BCUT2D eigenvalue weighted by molar-refractivity contribution is 9.09. The molecule has 0 heterocycles. The second kappa shape index (κ2) is 8.67. The Labute approximate surface area is 133 Å². The summed E-state index contributed by atoms with van der Waals surface area (Å²) in [6, 6.07) is 14.1. The average molecular weight is 353 g/mol. The summed E-state index contributed by atoms with van der Waals surface area (Å²) in [6.45, 7) is 1.14. The highest BCUT2D eigenvalue weighted by atomic mass is 79.9. The molecule has 0 amide bonds. The SMILES string of the molecule is Fc1ccc(OCCCOc2cccc(CCBr)c2)cc1. The molecule has 0 fully saturated rings. The molecule has 0 spiro atoms. The Morgan fingerprint density at radius 2 is 1.62 bits per heavy atom. The lowest BCUT2D eigenvalue weighted by Crippen LogP contribution is -2.05. The zero-order valence-electron chi connectivity index (χ0n) is 11.7. The topological polar surface area (TPSA) is 18.5 Å². The van der Waals surface area contributed by atoms with Crippen molar-refractivity contribution in [3.63, 3.8) is 0 Å². The Balaban J connectivity index is 1.67. The largest absolute Gasteiger partial charge is 0.493 e. The molecular weight excluding hydrogens is 335 g/mol. The van der Waals surface area contributed by atoms with Crippen LogP contribution in [-0.4, -0.2) is 18.5 Å². The first-order valence-corrected chi connectivity index (χ1v) is 8.06. The summed E-state index contributed by atoms with van der Waals surface area (Å²) in [5.74, 6) is 1.31. The third kappa shape index (κ3) is 5.76. The number of aryl methyl sites for hydroxylation is 1. The third-order valence-electron chi connectivity index (χ3n) is 2.92. The minimum atomic E-state index is -0.256. The third-order valence-corrected chi connectivity index (χ3v) is 3.32. The van der Waals surface area contributed by atoms with Crippen molar-refractivity contribution in [1.82, 2.24) is 0 Å². The van der Waals surface area contributed by atoms with Crippen LogP contribution in [0.1, 0.15) is 12.0 Å². The second-order valence-electron chi connectivity index (χ2n) is 4.59. The molecule has 2 aromatic carbocycles. The number of alkyl halides is 1. The number of ether oxygens (including phenoxy) is 2. The Morgan fingerprint density at radius 1 is 0.905 bits per heavy atom. The summed E-state index contributed by atoms with van der Waals surface area (Å²) in [6.07, 6.45) is 1.77. The van der Waals surface area contributed by atoms with E-state index in [2.05, 4.69) is 28.1 Å². The van der Waals surface area contributed by atoms with E-state index >= 15 is 0 Å². The van der Waals surface area contributed by atoms with Crippen LogP contribution in [0.25, 0.3) is 0 Å². The van der Waals surface area contributed by atoms with Gasteiger partial charge < -0.3 is 9.47 Å². The summed E-state index contributed by atoms with van der Waals surface area (Å²) in [7, 11) is 0. The van der Waals surface area contributed by atoms with Gasteiger partial charge in [-0.05, 0) is 48.4 Å². The van der Waals surface area contributed by atoms with E-state index in [1.54, 1.807) is 12.1 Å². The Hall–Kier alpha value is -1.55. The van der Waals surface area contributed by atoms with Crippen LogP contribution in [0.3, 0.4) is 0 Å². The first kappa shape index (κ1) is 15.8. The van der Waals surface area contributed by atoms with Crippen molar-refractivity contribution >= 4 is 15.9 Å². The molecule has 0 saturated carbocycles. The van der Waals surface area contributed by atoms with Crippen molar-refractivity contribution in [3.05, 3.63) is 59.9 Å². The van der Waals surface area contributed by atoms with Crippen molar-refractivity contribution in [2.24, 2.45) is 0 Å². The van der Waals surface area contributed by atoms with Crippen molar-refractivity contribution in [1.29, 1.82) is 0 Å². The van der Waals surface area contributed by atoms with Crippen molar-refractivity contribution in [2.45, 2.75) is 12.8 Å². The minimum absolute atomic E-state index is 0.256. The second-order valence-corrected chi connectivity index (χ2v) is 5.38. The van der Waals surface area contributed by atoms with Gasteiger partial charge in [0.25, 0.3) is 0 Å². The van der Waals surface area contributed by atoms with E-state index in [-0.39, 0.29) is 5.82 Å². The molecule has 2 rings (SSSR count). The summed E-state index contributed by atoms with van der Waals surface area (Å²) < 4.78 is 23.9. The number of benzene rings is 2. The van der Waals surface area contributed by atoms with Gasteiger partial charge in [0.15, 0.2) is 0 Å². The highest BCUT2D eigenvalue weighted by Gasteiger charge is 1.98. The maximum atomic E-state index is 12.7. The van der Waals surface area contributed by atoms with Crippen LogP contribution in [0.4, 0.5) is 4.39 Å². The lowest BCUT2D eigenvalue weighted by molar-refractivity contribution is 0.247. The number of hydrogen-bond acceptors (Lipinski definition) is 2. The molecule has 0 aliphatic carbocycles. The van der Waals surface area contributed by atoms with Crippen molar-refractivity contribution in [3.8, 4) is 11.5 Å². The molecule has 0 N–H and O–H groups in total. The van der Waals surface area contributed by atoms with Gasteiger partial charge >= 0.3 is 0 Å². The van der Waals surface area contributed by atoms with Crippen LogP contribution in [0.5, 0.6) is 11.5 Å². The molecule has 2 aromatic rings. The first-order valence-electron chi connectivity index (χ1n) is 6.94. The lowest BCUT2D eigenvalue weighted by Gasteiger charge is -2.09. The maximum absolute atomic E-state index is 12.7. The zero-order chi connectivity index (χ0) is 14.9. The average Bonchev–Trinajstić information content (AvgIpc) is 2.50. The van der Waals surface area contributed by atoms with E-state index in [0.717, 1.165) is 23.9 Å². The lowest BCUT2D eigenvalue weighted by atomic mass is 10.2. The summed E-state index contributed by atoms with van der Waals surface area (Å²) >= 11 is 3.43. The van der Waals surface area contributed by atoms with Gasteiger partial charge in [-0.25, -0.2) is 4.39 Å². The van der Waals surface area contributed by atoms with E-state index in [1.165, 1.54) is 17.7 Å². The van der Waals surface area contributed by atoms with Crippen LogP contribution >= 0.6 is 15.9 Å². The predicted molar refractivity (Wildman–Crippen MR) is 85.9 cm³/mol. The number of hydrogen-bond donors (Lipinski definition) is 0. The van der Waals surface area contributed by atoms with Crippen LogP contribution < -0.4 is 9.47 Å². The van der Waals surface area contributed by atoms with Gasteiger partial charge in [-0.3, -0.25) is 0 Å². The van der Waals surface area contributed by atoms with Gasteiger partial charge in [0, 0.05) is 11.8 Å². The van der Waals surface area contributed by atoms with Gasteiger partial charge in [0.2, 0.25) is 0 Å². The summed E-state index contributed by atoms with van der Waals surface area (Å²) in [4.78, 5) is 0. The molecule has 112 valence electrons. The van der Waals surface area contributed by atoms with Gasteiger partial charge in [-0.2, -0.15) is 0 Å². The quantitative estimate of drug-likeness (QED) is 0.510. The van der Waals surface area contributed by atoms with E-state index < -0.39 is 0 Å². The fourth-order valence-electron chi connectivity index (χ4n) is 1.87. The van der Waals surface area contributed by atoms with Crippen molar-refractivity contribution < 1.29 is 13.9 Å². The van der Waals surface area contributed by atoms with Gasteiger partial charge in [-0.1, -0.05) is 28.1 Å². The van der Waals surface area contributed by atoms with E-state index in [9.17, 15) is 4.39 Å². The van der Waals surface area contributed by atoms with E-state index in [1.807, 2.05) is 12.1 Å². The standard InChI is InChI=1S/C17H18BrFO2/c18-10-9-14-3-1-4-17(13-14)21-12-2-11-20-16-7-5-15(19)6-8-16/h1,3-8,13H,2,9-12H2. The zero-order valence-corrected chi connectivity index (χ0v) is 13.3. The molecule has 0 atom stereocenters. The predicted octanol–water partition coefficient (Wildman–Crippen LogP) is 4.61. The fourth-order valence-corrected chi connectivity index (χ4v) is 2.33. The Morgan fingerprint density at radius 3 is 2.33 bits per heavy atom. The van der Waals surface area contributed by atoms with E-state index in [4.69, 9.17) is 9.47 Å². The molecule has 0 unspecified atom stereocenters. The van der Waals surface area contributed by atoms with Gasteiger partial charge in [0.1, 0.15) is 17.3 Å². The molecule has 0 aliphatic heterocycles. The van der Waals surface area contributed by atoms with Crippen LogP contribution in [-0.2, 0) is 6.42 Å². The summed E-state index contributed by atoms with van der Waals surface area (Å²) in [5, 5.41) is 0.946. The Bertz CT molecular complexity index is 543. The molecule has 0 saturated heterocycles. The molecule has 0 radical (unpaired) electrons. The minimum Gasteiger partial charge on any atom is -0.493 e. The molecule has 0 aromatic heterocycles. The van der Waals surface area contributed by atoms with Crippen molar-refractivity contribution in [2.75, 3.05) is 18.5 Å². The molecule has 21 heavy (non-hydrogen) atoms. The first-order chi connectivity index (χ1) is 10.3. The molecule has 0 bridgehead atoms. The van der Waals surface area contributed by atoms with Gasteiger partial charge in [0.05, 0.1) is 13.2 Å². The van der Waals surface area contributed by atoms with Crippen LogP contribution in [0, 0.1) is 5.82 Å². The molecule has 0 aliphatic rings. The molecule has 4 heteroatoms. The Kier molecular flexibility index (Phi) is 6.54. The van der Waals surface area contributed by atoms with Crippen LogP contribution in [0.15, 0.2) is 48.5 Å². The number of rotatable bonds is 8.